The van der Waals surface area contributed by atoms with E-state index in [9.17, 15) is 4.79 Å². The molecule has 3 aromatic rings. The molecule has 3 heterocycles. The summed E-state index contributed by atoms with van der Waals surface area (Å²) < 4.78 is 2.01. The van der Waals surface area contributed by atoms with Crippen LogP contribution in [0.3, 0.4) is 0 Å². The molecular weight excluding hydrogens is 494 g/mol. The molecule has 0 radical (unpaired) electrons. The highest BCUT2D eigenvalue weighted by molar-refractivity contribution is 5.97. The number of aromatic nitrogens is 2. The van der Waals surface area contributed by atoms with E-state index >= 15 is 0 Å². The predicted octanol–water partition coefficient (Wildman–Crippen LogP) is 5.58. The van der Waals surface area contributed by atoms with Gasteiger partial charge in [-0.25, -0.2) is 4.68 Å². The van der Waals surface area contributed by atoms with Crippen LogP contribution in [-0.2, 0) is 12.8 Å². The van der Waals surface area contributed by atoms with E-state index in [1.165, 1.54) is 43.6 Å². The first-order valence-corrected chi connectivity index (χ1v) is 15.1. The van der Waals surface area contributed by atoms with Gasteiger partial charge in [-0.15, -0.1) is 0 Å². The van der Waals surface area contributed by atoms with E-state index in [0.29, 0.717) is 0 Å². The Labute approximate surface area is 240 Å². The summed E-state index contributed by atoms with van der Waals surface area (Å²) in [6.45, 7) is 13.4. The first-order valence-electron chi connectivity index (χ1n) is 15.1. The van der Waals surface area contributed by atoms with E-state index in [2.05, 4.69) is 103 Å². The van der Waals surface area contributed by atoms with Gasteiger partial charge in [0.15, 0.2) is 0 Å². The van der Waals surface area contributed by atoms with Gasteiger partial charge in [0.1, 0.15) is 0 Å². The fraction of sp³-hybridized carbons (Fsp3) is 0.471. The second-order valence-electron chi connectivity index (χ2n) is 11.6. The van der Waals surface area contributed by atoms with Gasteiger partial charge in [-0.05, 0) is 81.9 Å². The first-order chi connectivity index (χ1) is 19.4. The Hall–Kier alpha value is -3.22. The van der Waals surface area contributed by atoms with E-state index in [-0.39, 0.29) is 5.91 Å². The number of amides is 1. The Morgan fingerprint density at radius 3 is 2.27 bits per heavy atom. The second-order valence-corrected chi connectivity index (χ2v) is 11.6. The molecule has 2 saturated heterocycles. The van der Waals surface area contributed by atoms with Crippen LogP contribution in [-0.4, -0.2) is 83.2 Å². The van der Waals surface area contributed by atoms with Crippen LogP contribution < -0.4 is 0 Å². The lowest BCUT2D eigenvalue weighted by Gasteiger charge is -2.38. The van der Waals surface area contributed by atoms with Crippen LogP contribution in [0.5, 0.6) is 0 Å². The van der Waals surface area contributed by atoms with Crippen molar-refractivity contribution < 1.29 is 4.79 Å². The zero-order chi connectivity index (χ0) is 28.1. The maximum Gasteiger partial charge on any atom is 0.257 e. The summed E-state index contributed by atoms with van der Waals surface area (Å²) in [4.78, 5) is 21.0. The number of piperidine rings is 1. The molecule has 212 valence electrons. The highest BCUT2D eigenvalue weighted by Crippen LogP contribution is 2.25. The van der Waals surface area contributed by atoms with Crippen molar-refractivity contribution in [3.8, 4) is 5.69 Å². The van der Waals surface area contributed by atoms with Gasteiger partial charge < -0.3 is 9.80 Å². The normalized spacial score (nSPS) is 17.6. The van der Waals surface area contributed by atoms with Crippen molar-refractivity contribution in [1.82, 2.24) is 24.5 Å². The zero-order valence-corrected chi connectivity index (χ0v) is 24.8. The van der Waals surface area contributed by atoms with Gasteiger partial charge in [0.25, 0.3) is 5.91 Å². The topological polar surface area (TPSA) is 44.6 Å². The third-order valence-corrected chi connectivity index (χ3v) is 8.61. The predicted molar refractivity (Wildman–Crippen MR) is 165 cm³/mol. The number of rotatable bonds is 8. The zero-order valence-electron chi connectivity index (χ0n) is 24.8. The SMILES string of the molecule is CCc1nn(-c2cccc(/C=C/c3ccc(C)cc3)c2)c(CC)c1C(=O)N1CCN(CC2CCN(C)CC2)CC1. The fourth-order valence-electron chi connectivity index (χ4n) is 6.07. The molecule has 1 aromatic heterocycles. The molecule has 0 bridgehead atoms. The molecule has 2 aliphatic heterocycles. The van der Waals surface area contributed by atoms with Gasteiger partial charge in [-0.3, -0.25) is 9.69 Å². The molecule has 6 heteroatoms. The minimum Gasteiger partial charge on any atom is -0.336 e. The molecule has 0 spiro atoms. The van der Waals surface area contributed by atoms with Gasteiger partial charge >= 0.3 is 0 Å². The third kappa shape index (κ3) is 6.56. The highest BCUT2D eigenvalue weighted by atomic mass is 16.2. The van der Waals surface area contributed by atoms with E-state index in [4.69, 9.17) is 5.10 Å². The van der Waals surface area contributed by atoms with Crippen LogP contribution >= 0.6 is 0 Å². The molecular formula is C34H45N5O. The summed E-state index contributed by atoms with van der Waals surface area (Å²) in [6, 6.07) is 17.0. The molecule has 5 rings (SSSR count). The number of hydrogen-bond donors (Lipinski definition) is 0. The van der Waals surface area contributed by atoms with Crippen molar-refractivity contribution in [3.63, 3.8) is 0 Å². The lowest BCUT2D eigenvalue weighted by atomic mass is 9.96. The van der Waals surface area contributed by atoms with Crippen molar-refractivity contribution >= 4 is 18.1 Å². The largest absolute Gasteiger partial charge is 0.336 e. The van der Waals surface area contributed by atoms with Crippen molar-refractivity contribution in [2.75, 3.05) is 52.9 Å². The lowest BCUT2D eigenvalue weighted by molar-refractivity contribution is 0.0592. The molecule has 0 unspecified atom stereocenters. The lowest BCUT2D eigenvalue weighted by Crippen LogP contribution is -2.50. The monoisotopic (exact) mass is 539 g/mol. The Morgan fingerprint density at radius 1 is 0.900 bits per heavy atom. The maximum atomic E-state index is 13.9. The van der Waals surface area contributed by atoms with Crippen molar-refractivity contribution in [2.45, 2.75) is 46.5 Å². The minimum absolute atomic E-state index is 0.148. The summed E-state index contributed by atoms with van der Waals surface area (Å²) in [5.41, 5.74) is 7.27. The number of nitrogens with zero attached hydrogens (tertiary/aromatic N) is 5. The molecule has 0 N–H and O–H groups in total. The highest BCUT2D eigenvalue weighted by Gasteiger charge is 2.30. The summed E-state index contributed by atoms with van der Waals surface area (Å²) in [6.07, 6.45) is 8.36. The van der Waals surface area contributed by atoms with Gasteiger partial charge in [0.05, 0.1) is 22.6 Å². The summed E-state index contributed by atoms with van der Waals surface area (Å²) in [5, 5.41) is 4.98. The van der Waals surface area contributed by atoms with Gasteiger partial charge in [0.2, 0.25) is 0 Å². The summed E-state index contributed by atoms with van der Waals surface area (Å²) in [5.74, 6) is 0.937. The molecule has 40 heavy (non-hydrogen) atoms. The number of likely N-dealkylation sites (tertiary alicyclic amines) is 1. The fourth-order valence-corrected chi connectivity index (χ4v) is 6.07. The van der Waals surface area contributed by atoms with Crippen LogP contribution in [0.15, 0.2) is 48.5 Å². The van der Waals surface area contributed by atoms with Gasteiger partial charge in [-0.1, -0.05) is 68.0 Å². The molecule has 0 aliphatic carbocycles. The van der Waals surface area contributed by atoms with Crippen LogP contribution in [0.4, 0.5) is 0 Å². The molecule has 6 nitrogen and oxygen atoms in total. The van der Waals surface area contributed by atoms with Crippen LogP contribution in [0.1, 0.15) is 65.1 Å². The number of carbonyl (C=O) groups excluding carboxylic acids is 1. The number of benzene rings is 2. The van der Waals surface area contributed by atoms with E-state index in [1.807, 2.05) is 4.68 Å². The average Bonchev–Trinajstić information content (AvgIpc) is 3.37. The molecule has 0 saturated carbocycles. The molecule has 0 atom stereocenters. The van der Waals surface area contributed by atoms with Gasteiger partial charge in [-0.2, -0.15) is 5.10 Å². The third-order valence-electron chi connectivity index (χ3n) is 8.61. The minimum atomic E-state index is 0.148. The first kappa shape index (κ1) is 28.3. The second kappa shape index (κ2) is 13.0. The number of aryl methyl sites for hydroxylation is 2. The van der Waals surface area contributed by atoms with E-state index in [1.54, 1.807) is 0 Å². The number of hydrogen-bond acceptors (Lipinski definition) is 4. The Balaban J connectivity index is 1.30. The summed E-state index contributed by atoms with van der Waals surface area (Å²) in [7, 11) is 2.22. The van der Waals surface area contributed by atoms with Crippen molar-refractivity contribution in [1.29, 1.82) is 0 Å². The number of piperazine rings is 1. The molecule has 2 aliphatic rings. The van der Waals surface area contributed by atoms with Crippen LogP contribution in [0.2, 0.25) is 0 Å². The van der Waals surface area contributed by atoms with Crippen LogP contribution in [0.25, 0.3) is 17.8 Å². The van der Waals surface area contributed by atoms with E-state index < -0.39 is 0 Å². The quantitative estimate of drug-likeness (QED) is 0.351. The maximum absolute atomic E-state index is 13.9. The molecule has 2 fully saturated rings. The molecule has 1 amide bonds. The standard InChI is InChI=1S/C34H45N5O/c1-5-31-33(34(40)38-22-20-37(21-23-38)25-29-16-18-36(4)19-17-29)32(6-2)39(35-31)30-9-7-8-28(24-30)15-14-27-12-10-26(3)11-13-27/h7-15,24,29H,5-6,16-23,25H2,1-4H3/b15-14+. The number of carbonyl (C=O) groups is 1. The van der Waals surface area contributed by atoms with Gasteiger partial charge in [0, 0.05) is 32.7 Å². The van der Waals surface area contributed by atoms with E-state index in [0.717, 1.165) is 73.1 Å². The Bertz CT molecular complexity index is 1310. The summed E-state index contributed by atoms with van der Waals surface area (Å²) >= 11 is 0. The van der Waals surface area contributed by atoms with Crippen molar-refractivity contribution in [2.24, 2.45) is 5.92 Å². The van der Waals surface area contributed by atoms with Crippen LogP contribution in [0, 0.1) is 12.8 Å². The Morgan fingerprint density at radius 2 is 1.60 bits per heavy atom. The van der Waals surface area contributed by atoms with Crippen molar-refractivity contribution in [3.05, 3.63) is 82.2 Å². The Kier molecular flexibility index (Phi) is 9.18. The molecule has 2 aromatic carbocycles. The average molecular weight is 540 g/mol. The smallest absolute Gasteiger partial charge is 0.257 e.